The van der Waals surface area contributed by atoms with Gasteiger partial charge in [0.25, 0.3) is 0 Å². The highest BCUT2D eigenvalue weighted by atomic mass is 16.5. The Balaban J connectivity index is 3.91. The van der Waals surface area contributed by atoms with Gasteiger partial charge in [-0.15, -0.1) is 0 Å². The minimum Gasteiger partial charge on any atom is -0.479 e. The number of carboxylic acids is 1. The number of hydrogen-bond donors (Lipinski definition) is 1. The molecule has 0 spiro atoms. The summed E-state index contributed by atoms with van der Waals surface area (Å²) in [5.74, 6) is -0.937. The molecule has 0 aliphatic carbocycles. The topological polar surface area (TPSA) is 55.8 Å². The molecule has 12 heavy (non-hydrogen) atoms. The van der Waals surface area contributed by atoms with Crippen LogP contribution >= 0.6 is 0 Å². The molecule has 0 amide bonds. The average molecular weight is 176 g/mol. The van der Waals surface area contributed by atoms with Crippen LogP contribution in [0.25, 0.3) is 0 Å². The number of rotatable bonds is 6. The van der Waals surface area contributed by atoms with Gasteiger partial charge in [-0.25, -0.2) is 4.79 Å². The second kappa shape index (κ2) is 5.97. The number of hydrogen-bond acceptors (Lipinski definition) is 3. The molecular formula is C8H16O4. The summed E-state index contributed by atoms with van der Waals surface area (Å²) in [6, 6.07) is 0. The fourth-order valence-corrected chi connectivity index (χ4v) is 0.966. The van der Waals surface area contributed by atoms with Crippen molar-refractivity contribution >= 4 is 5.97 Å². The lowest BCUT2D eigenvalue weighted by molar-refractivity contribution is -0.150. The number of carboxylic acid groups (broad SMARTS) is 1. The highest BCUT2D eigenvalue weighted by Gasteiger charge is 2.20. The summed E-state index contributed by atoms with van der Waals surface area (Å²) in [5, 5.41) is 8.63. The second-order valence-electron chi connectivity index (χ2n) is 2.56. The van der Waals surface area contributed by atoms with Crippen molar-refractivity contribution in [1.29, 1.82) is 0 Å². The van der Waals surface area contributed by atoms with Gasteiger partial charge in [-0.05, 0) is 6.42 Å². The van der Waals surface area contributed by atoms with Gasteiger partial charge in [0.2, 0.25) is 0 Å². The average Bonchev–Trinajstić information content (AvgIpc) is 2.06. The van der Waals surface area contributed by atoms with Crippen molar-refractivity contribution in [1.82, 2.24) is 0 Å². The van der Waals surface area contributed by atoms with E-state index in [2.05, 4.69) is 0 Å². The minimum atomic E-state index is -0.937. The van der Waals surface area contributed by atoms with Crippen LogP contribution in [0.5, 0.6) is 0 Å². The number of ether oxygens (including phenoxy) is 2. The molecule has 0 bridgehead atoms. The highest BCUT2D eigenvalue weighted by Crippen LogP contribution is 2.08. The molecule has 0 heterocycles. The molecule has 0 saturated heterocycles. The Hall–Kier alpha value is -0.610. The summed E-state index contributed by atoms with van der Waals surface area (Å²) in [5.41, 5.74) is 0. The molecule has 4 heteroatoms. The van der Waals surface area contributed by atoms with Crippen molar-refractivity contribution in [3.05, 3.63) is 0 Å². The van der Waals surface area contributed by atoms with E-state index in [1.165, 1.54) is 7.11 Å². The van der Waals surface area contributed by atoms with Crippen LogP contribution in [-0.2, 0) is 14.3 Å². The van der Waals surface area contributed by atoms with Crippen LogP contribution in [0, 0.1) is 0 Å². The third kappa shape index (κ3) is 3.69. The van der Waals surface area contributed by atoms with Crippen molar-refractivity contribution in [2.24, 2.45) is 0 Å². The van der Waals surface area contributed by atoms with Crippen LogP contribution in [0.15, 0.2) is 0 Å². The molecule has 0 aromatic rings. The molecule has 0 aliphatic rings. The van der Waals surface area contributed by atoms with E-state index in [1.807, 2.05) is 6.92 Å². The van der Waals surface area contributed by atoms with Crippen molar-refractivity contribution in [2.75, 3.05) is 14.2 Å². The Kier molecular flexibility index (Phi) is 5.66. The molecule has 72 valence electrons. The highest BCUT2D eigenvalue weighted by molar-refractivity contribution is 5.72. The van der Waals surface area contributed by atoms with Gasteiger partial charge in [0.05, 0.1) is 6.10 Å². The molecule has 0 saturated carbocycles. The van der Waals surface area contributed by atoms with Crippen LogP contribution in [0.2, 0.25) is 0 Å². The zero-order valence-corrected chi connectivity index (χ0v) is 7.74. The quantitative estimate of drug-likeness (QED) is 0.653. The van der Waals surface area contributed by atoms with E-state index in [-0.39, 0.29) is 6.10 Å². The molecule has 0 aromatic carbocycles. The maximum atomic E-state index is 10.5. The lowest BCUT2D eigenvalue weighted by atomic mass is 10.1. The van der Waals surface area contributed by atoms with E-state index >= 15 is 0 Å². The third-order valence-electron chi connectivity index (χ3n) is 1.83. The summed E-state index contributed by atoms with van der Waals surface area (Å²) >= 11 is 0. The first-order chi connectivity index (χ1) is 5.65. The fraction of sp³-hybridized carbons (Fsp3) is 0.875. The van der Waals surface area contributed by atoms with E-state index in [1.54, 1.807) is 7.11 Å². The zero-order chi connectivity index (χ0) is 9.56. The molecule has 4 nitrogen and oxygen atoms in total. The zero-order valence-electron chi connectivity index (χ0n) is 7.74. The van der Waals surface area contributed by atoms with E-state index in [0.717, 1.165) is 6.42 Å². The molecule has 2 atom stereocenters. The van der Waals surface area contributed by atoms with Crippen molar-refractivity contribution in [3.8, 4) is 0 Å². The molecular weight excluding hydrogens is 160 g/mol. The Morgan fingerprint density at radius 3 is 2.25 bits per heavy atom. The summed E-state index contributed by atoms with van der Waals surface area (Å²) < 4.78 is 9.80. The van der Waals surface area contributed by atoms with Crippen LogP contribution in [-0.4, -0.2) is 37.5 Å². The first-order valence-electron chi connectivity index (χ1n) is 3.94. The lowest BCUT2D eigenvalue weighted by Gasteiger charge is -2.17. The van der Waals surface area contributed by atoms with Crippen molar-refractivity contribution in [2.45, 2.75) is 32.0 Å². The fourth-order valence-electron chi connectivity index (χ4n) is 0.966. The Labute approximate surface area is 72.5 Å². The Bertz CT molecular complexity index is 131. The van der Waals surface area contributed by atoms with Crippen LogP contribution < -0.4 is 0 Å². The Morgan fingerprint density at radius 2 is 2.00 bits per heavy atom. The smallest absolute Gasteiger partial charge is 0.332 e. The number of aliphatic carboxylic acids is 1. The van der Waals surface area contributed by atoms with Crippen LogP contribution in [0.4, 0.5) is 0 Å². The monoisotopic (exact) mass is 176 g/mol. The van der Waals surface area contributed by atoms with E-state index < -0.39 is 12.1 Å². The lowest BCUT2D eigenvalue weighted by Crippen LogP contribution is -2.28. The molecule has 0 aromatic heterocycles. The van der Waals surface area contributed by atoms with Gasteiger partial charge in [0, 0.05) is 20.6 Å². The van der Waals surface area contributed by atoms with Gasteiger partial charge in [-0.2, -0.15) is 0 Å². The molecule has 0 radical (unpaired) electrons. The summed E-state index contributed by atoms with van der Waals surface area (Å²) in [6.07, 6.45) is 0.406. The van der Waals surface area contributed by atoms with E-state index in [4.69, 9.17) is 14.6 Å². The maximum absolute atomic E-state index is 10.5. The molecule has 0 fully saturated rings. The summed E-state index contributed by atoms with van der Waals surface area (Å²) in [7, 11) is 2.96. The van der Waals surface area contributed by atoms with Crippen LogP contribution in [0.3, 0.4) is 0 Å². The van der Waals surface area contributed by atoms with Gasteiger partial charge in [0.1, 0.15) is 0 Å². The predicted molar refractivity (Wildman–Crippen MR) is 44.1 cm³/mol. The molecule has 0 rings (SSSR count). The maximum Gasteiger partial charge on any atom is 0.332 e. The van der Waals surface area contributed by atoms with Gasteiger partial charge in [-0.1, -0.05) is 6.92 Å². The SMILES string of the molecule is CCC(CC(OC)C(=O)O)OC. The normalized spacial score (nSPS) is 15.6. The number of methoxy groups -OCH3 is 2. The first-order valence-corrected chi connectivity index (χ1v) is 3.94. The standard InChI is InChI=1S/C8H16O4/c1-4-6(11-2)5-7(12-3)8(9)10/h6-7H,4-5H2,1-3H3,(H,9,10). The summed E-state index contributed by atoms with van der Waals surface area (Å²) in [4.78, 5) is 10.5. The largest absolute Gasteiger partial charge is 0.479 e. The number of carbonyl (C=O) groups is 1. The minimum absolute atomic E-state index is 0.0361. The van der Waals surface area contributed by atoms with Crippen molar-refractivity contribution < 1.29 is 19.4 Å². The summed E-state index contributed by atoms with van der Waals surface area (Å²) in [6.45, 7) is 1.95. The van der Waals surface area contributed by atoms with E-state index in [0.29, 0.717) is 6.42 Å². The van der Waals surface area contributed by atoms with Gasteiger partial charge < -0.3 is 14.6 Å². The second-order valence-corrected chi connectivity index (χ2v) is 2.56. The van der Waals surface area contributed by atoms with Gasteiger partial charge in [0.15, 0.2) is 6.10 Å². The first kappa shape index (κ1) is 11.4. The Morgan fingerprint density at radius 1 is 1.42 bits per heavy atom. The van der Waals surface area contributed by atoms with Gasteiger partial charge >= 0.3 is 5.97 Å². The third-order valence-corrected chi connectivity index (χ3v) is 1.83. The predicted octanol–water partition coefficient (Wildman–Crippen LogP) is 0.901. The molecule has 0 aliphatic heterocycles. The van der Waals surface area contributed by atoms with Crippen LogP contribution in [0.1, 0.15) is 19.8 Å². The molecule has 1 N–H and O–H groups in total. The van der Waals surface area contributed by atoms with E-state index in [9.17, 15) is 4.79 Å². The van der Waals surface area contributed by atoms with Crippen molar-refractivity contribution in [3.63, 3.8) is 0 Å². The molecule has 2 unspecified atom stereocenters. The van der Waals surface area contributed by atoms with Gasteiger partial charge in [-0.3, -0.25) is 0 Å².